The Morgan fingerprint density at radius 3 is 1.93 bits per heavy atom. The van der Waals surface area contributed by atoms with Gasteiger partial charge in [-0.25, -0.2) is 0 Å². The van der Waals surface area contributed by atoms with Crippen molar-refractivity contribution >= 4 is 34.8 Å². The zero-order chi connectivity index (χ0) is 20.2. The minimum absolute atomic E-state index is 0.276. The molecule has 5 rings (SSSR count). The molecule has 0 fully saturated rings. The van der Waals surface area contributed by atoms with Crippen molar-refractivity contribution in [3.8, 4) is 23.0 Å². The van der Waals surface area contributed by atoms with Gasteiger partial charge in [-0.2, -0.15) is 0 Å². The fourth-order valence-electron chi connectivity index (χ4n) is 4.26. The van der Waals surface area contributed by atoms with Crippen LogP contribution in [0.15, 0.2) is 36.4 Å². The van der Waals surface area contributed by atoms with Gasteiger partial charge in [-0.1, -0.05) is 44.3 Å². The zero-order valence-corrected chi connectivity index (χ0v) is 18.4. The van der Waals surface area contributed by atoms with Crippen LogP contribution in [0.1, 0.15) is 25.3 Å². The predicted molar refractivity (Wildman–Crippen MR) is 120 cm³/mol. The van der Waals surface area contributed by atoms with Gasteiger partial charge in [0.25, 0.3) is 0 Å². The van der Waals surface area contributed by atoms with Crippen LogP contribution in [-0.4, -0.2) is 21.7 Å². The number of ether oxygens (including phenoxy) is 4. The molecule has 0 aliphatic carbocycles. The molecule has 3 aromatic rings. The first-order valence-electron chi connectivity index (χ1n) is 10.3. The van der Waals surface area contributed by atoms with Gasteiger partial charge in [0.1, 0.15) is 0 Å². The molecule has 0 unspecified atom stereocenters. The zero-order valence-electron chi connectivity index (χ0n) is 17.4. The minimum atomic E-state index is -1.58. The maximum absolute atomic E-state index is 5.72. The molecule has 2 heterocycles. The van der Waals surface area contributed by atoms with E-state index in [1.54, 1.807) is 0 Å². The molecule has 5 heteroatoms. The lowest BCUT2D eigenvalue weighted by Crippen LogP contribution is -2.23. The summed E-state index contributed by atoms with van der Waals surface area (Å²) in [6.45, 7) is 10.0. The van der Waals surface area contributed by atoms with Gasteiger partial charge >= 0.3 is 0 Å². The lowest BCUT2D eigenvalue weighted by atomic mass is 9.95. The minimum Gasteiger partial charge on any atom is -0.454 e. The van der Waals surface area contributed by atoms with Gasteiger partial charge in [0.2, 0.25) is 13.6 Å². The summed E-state index contributed by atoms with van der Waals surface area (Å²) in [7, 11) is -1.58. The maximum atomic E-state index is 5.72. The van der Waals surface area contributed by atoms with Crippen LogP contribution in [0.3, 0.4) is 0 Å². The molecule has 4 nitrogen and oxygen atoms in total. The van der Waals surface area contributed by atoms with Crippen molar-refractivity contribution < 1.29 is 18.9 Å². The van der Waals surface area contributed by atoms with Crippen molar-refractivity contribution in [2.24, 2.45) is 0 Å². The second-order valence-electron chi connectivity index (χ2n) is 8.76. The van der Waals surface area contributed by atoms with Gasteiger partial charge in [-0.05, 0) is 63.9 Å². The third-order valence-electron chi connectivity index (χ3n) is 5.67. The van der Waals surface area contributed by atoms with E-state index in [9.17, 15) is 0 Å². The van der Waals surface area contributed by atoms with Crippen LogP contribution in [0.2, 0.25) is 19.6 Å². The summed E-state index contributed by atoms with van der Waals surface area (Å²) >= 11 is 0. The Kier molecular flexibility index (Phi) is 4.24. The number of hydrogen-bond donors (Lipinski definition) is 0. The van der Waals surface area contributed by atoms with Crippen LogP contribution in [0.25, 0.3) is 26.7 Å². The summed E-state index contributed by atoms with van der Waals surface area (Å²) in [6.07, 6.45) is 4.68. The van der Waals surface area contributed by atoms with Gasteiger partial charge in [-0.3, -0.25) is 0 Å². The van der Waals surface area contributed by atoms with Crippen molar-refractivity contribution in [2.75, 3.05) is 13.6 Å². The molecule has 0 atom stereocenters. The van der Waals surface area contributed by atoms with E-state index in [0.29, 0.717) is 0 Å². The highest BCUT2D eigenvalue weighted by atomic mass is 28.3. The number of hydrogen-bond acceptors (Lipinski definition) is 4. The standard InChI is InChI=1S/C24H26O4Si/c1-5-6-7-24(29(2,3)4)19-8-15-9-20-21(26-13-25-20)10-16(15)17-11-22-23(12-18(17)19)28-14-27-22/h7-12H,5-6,13-14H2,1-4H3/b24-7-. The number of allylic oxidation sites excluding steroid dienone is 1. The smallest absolute Gasteiger partial charge is 0.231 e. The second kappa shape index (κ2) is 6.70. The van der Waals surface area contributed by atoms with E-state index in [2.05, 4.69) is 63.0 Å². The fourth-order valence-corrected chi connectivity index (χ4v) is 6.03. The SMILES string of the molecule is CCC/C=C(/c1cc2cc3c(cc2c2cc4c(cc12)OCO4)OCO3)[Si](C)(C)C. The van der Waals surface area contributed by atoms with Crippen LogP contribution in [0, 0.1) is 0 Å². The van der Waals surface area contributed by atoms with Gasteiger partial charge in [0.15, 0.2) is 23.0 Å². The van der Waals surface area contributed by atoms with Gasteiger partial charge in [0, 0.05) is 0 Å². The average molecular weight is 407 g/mol. The van der Waals surface area contributed by atoms with Gasteiger partial charge in [-0.15, -0.1) is 0 Å². The Balaban J connectivity index is 1.88. The monoisotopic (exact) mass is 406 g/mol. The maximum Gasteiger partial charge on any atom is 0.231 e. The Hall–Kier alpha value is -2.66. The fraction of sp³-hybridized carbons (Fsp3) is 0.333. The summed E-state index contributed by atoms with van der Waals surface area (Å²) in [5, 5.41) is 6.18. The summed E-state index contributed by atoms with van der Waals surface area (Å²) in [5.74, 6) is 3.25. The normalized spacial score (nSPS) is 15.5. The highest BCUT2D eigenvalue weighted by molar-refractivity contribution is 6.93. The lowest BCUT2D eigenvalue weighted by Gasteiger charge is -2.24. The van der Waals surface area contributed by atoms with E-state index < -0.39 is 8.07 Å². The first-order chi connectivity index (χ1) is 14.0. The van der Waals surface area contributed by atoms with Gasteiger partial charge < -0.3 is 18.9 Å². The number of unbranched alkanes of at least 4 members (excludes halogenated alkanes) is 1. The van der Waals surface area contributed by atoms with Crippen molar-refractivity contribution in [3.63, 3.8) is 0 Å². The summed E-state index contributed by atoms with van der Waals surface area (Å²) in [6, 6.07) is 10.8. The van der Waals surface area contributed by atoms with E-state index in [1.165, 1.54) is 21.5 Å². The van der Waals surface area contributed by atoms with Gasteiger partial charge in [0.05, 0.1) is 8.07 Å². The van der Waals surface area contributed by atoms with Crippen molar-refractivity contribution in [3.05, 3.63) is 42.0 Å². The molecular formula is C24H26O4Si. The van der Waals surface area contributed by atoms with E-state index in [0.717, 1.165) is 46.6 Å². The van der Waals surface area contributed by atoms with Crippen molar-refractivity contribution in [1.82, 2.24) is 0 Å². The average Bonchev–Trinajstić information content (AvgIpc) is 3.32. The topological polar surface area (TPSA) is 36.9 Å². The van der Waals surface area contributed by atoms with Crippen LogP contribution >= 0.6 is 0 Å². The molecule has 0 saturated carbocycles. The van der Waals surface area contributed by atoms with E-state index in [-0.39, 0.29) is 13.6 Å². The molecule has 29 heavy (non-hydrogen) atoms. The first kappa shape index (κ1) is 18.4. The number of fused-ring (bicyclic) bond motifs is 5. The molecule has 2 aliphatic rings. The Morgan fingerprint density at radius 1 is 0.793 bits per heavy atom. The molecule has 0 saturated heterocycles. The Morgan fingerprint density at radius 2 is 1.34 bits per heavy atom. The third-order valence-corrected chi connectivity index (χ3v) is 7.76. The van der Waals surface area contributed by atoms with Crippen LogP contribution in [-0.2, 0) is 0 Å². The molecule has 3 aromatic carbocycles. The molecule has 2 aliphatic heterocycles. The summed E-state index contributed by atoms with van der Waals surface area (Å²) < 4.78 is 22.7. The van der Waals surface area contributed by atoms with E-state index >= 15 is 0 Å². The third kappa shape index (κ3) is 3.04. The highest BCUT2D eigenvalue weighted by Crippen LogP contribution is 2.46. The molecular weight excluding hydrogens is 380 g/mol. The number of rotatable bonds is 4. The lowest BCUT2D eigenvalue weighted by molar-refractivity contribution is 0.173. The van der Waals surface area contributed by atoms with Crippen LogP contribution in [0.5, 0.6) is 23.0 Å². The van der Waals surface area contributed by atoms with Crippen LogP contribution in [0.4, 0.5) is 0 Å². The largest absolute Gasteiger partial charge is 0.454 e. The summed E-state index contributed by atoms with van der Waals surface area (Å²) in [5.41, 5.74) is 1.30. The highest BCUT2D eigenvalue weighted by Gasteiger charge is 2.26. The van der Waals surface area contributed by atoms with Crippen LogP contribution < -0.4 is 18.9 Å². The second-order valence-corrected chi connectivity index (χ2v) is 13.8. The Labute approximate surface area is 172 Å². The molecule has 0 aromatic heterocycles. The molecule has 0 spiro atoms. The molecule has 0 amide bonds. The molecule has 0 bridgehead atoms. The molecule has 150 valence electrons. The first-order valence-corrected chi connectivity index (χ1v) is 13.8. The summed E-state index contributed by atoms with van der Waals surface area (Å²) in [4.78, 5) is 0. The predicted octanol–water partition coefficient (Wildman–Crippen LogP) is 6.51. The van der Waals surface area contributed by atoms with E-state index in [4.69, 9.17) is 18.9 Å². The quantitative estimate of drug-likeness (QED) is 0.365. The Bertz CT molecular complexity index is 1160. The molecule has 0 radical (unpaired) electrons. The molecule has 0 N–H and O–H groups in total. The van der Waals surface area contributed by atoms with Crippen molar-refractivity contribution in [2.45, 2.75) is 39.4 Å². The number of benzene rings is 3. The van der Waals surface area contributed by atoms with E-state index in [1.807, 2.05) is 0 Å². The van der Waals surface area contributed by atoms with Crippen molar-refractivity contribution in [1.29, 1.82) is 0 Å².